The van der Waals surface area contributed by atoms with Crippen molar-refractivity contribution in [3.8, 4) is 0 Å². The molecular weight excluding hydrogens is 180 g/mol. The van der Waals surface area contributed by atoms with Gasteiger partial charge in [0.2, 0.25) is 0 Å². The van der Waals surface area contributed by atoms with Gasteiger partial charge >= 0.3 is 0 Å². The lowest BCUT2D eigenvalue weighted by molar-refractivity contribution is -0.00804. The van der Waals surface area contributed by atoms with Gasteiger partial charge in [-0.05, 0) is 36.3 Å². The third-order valence-electron chi connectivity index (χ3n) is 2.68. The van der Waals surface area contributed by atoms with Crippen molar-refractivity contribution in [2.24, 2.45) is 0 Å². The quantitative estimate of drug-likeness (QED) is 0.666. The summed E-state index contributed by atoms with van der Waals surface area (Å²) in [6.07, 6.45) is 0. The van der Waals surface area contributed by atoms with Gasteiger partial charge in [-0.2, -0.15) is 0 Å². The number of fused-ring (bicyclic) bond motifs is 1. The van der Waals surface area contributed by atoms with E-state index in [4.69, 9.17) is 4.74 Å². The van der Waals surface area contributed by atoms with Gasteiger partial charge in [0.25, 0.3) is 0 Å². The summed E-state index contributed by atoms with van der Waals surface area (Å²) in [6, 6.07) is 0. The van der Waals surface area contributed by atoms with Crippen molar-refractivity contribution in [1.82, 2.24) is 0 Å². The van der Waals surface area contributed by atoms with Crippen LogP contribution in [0.4, 0.5) is 0 Å². The third-order valence-corrected chi connectivity index (χ3v) is 4.00. The number of hydrogen-bond acceptors (Lipinski definition) is 2. The van der Waals surface area contributed by atoms with Crippen LogP contribution in [0.1, 0.15) is 49.6 Å². The van der Waals surface area contributed by atoms with Crippen LogP contribution in [0.3, 0.4) is 0 Å². The second-order valence-electron chi connectivity index (χ2n) is 4.45. The zero-order valence-electron chi connectivity index (χ0n) is 8.68. The Morgan fingerprint density at radius 2 is 2.15 bits per heavy atom. The van der Waals surface area contributed by atoms with E-state index in [9.17, 15) is 0 Å². The molecule has 2 heteroatoms. The summed E-state index contributed by atoms with van der Waals surface area (Å²) in [5.41, 5.74) is 2.80. The van der Waals surface area contributed by atoms with E-state index in [1.807, 2.05) is 11.3 Å². The molecule has 13 heavy (non-hydrogen) atoms. The van der Waals surface area contributed by atoms with Crippen LogP contribution < -0.4 is 0 Å². The number of thiophene rings is 1. The summed E-state index contributed by atoms with van der Waals surface area (Å²) in [7, 11) is 0. The Balaban J connectivity index is 2.48. The largest absolute Gasteiger partial charge is 0.366 e. The first kappa shape index (κ1) is 9.22. The molecule has 1 aromatic heterocycles. The highest BCUT2D eigenvalue weighted by Crippen LogP contribution is 2.42. The standard InChI is InChI=1S/C11H16OS/c1-7(2)10-8-5-12-11(3,4)9(8)6-13-10/h6-7H,5H2,1-4H3. The Morgan fingerprint density at radius 3 is 2.77 bits per heavy atom. The molecule has 0 aromatic carbocycles. The van der Waals surface area contributed by atoms with Crippen LogP contribution in [0.25, 0.3) is 0 Å². The van der Waals surface area contributed by atoms with Crippen LogP contribution in [0.2, 0.25) is 0 Å². The highest BCUT2D eigenvalue weighted by atomic mass is 32.1. The van der Waals surface area contributed by atoms with Gasteiger partial charge in [0.15, 0.2) is 0 Å². The summed E-state index contributed by atoms with van der Waals surface area (Å²) in [6.45, 7) is 9.60. The van der Waals surface area contributed by atoms with Gasteiger partial charge in [-0.1, -0.05) is 13.8 Å². The van der Waals surface area contributed by atoms with Crippen molar-refractivity contribution in [3.05, 3.63) is 21.4 Å². The lowest BCUT2D eigenvalue weighted by Gasteiger charge is -2.16. The Labute approximate surface area is 83.7 Å². The van der Waals surface area contributed by atoms with E-state index in [1.54, 1.807) is 0 Å². The second kappa shape index (κ2) is 2.82. The molecule has 0 atom stereocenters. The molecule has 0 spiro atoms. The molecule has 0 radical (unpaired) electrons. The van der Waals surface area contributed by atoms with Gasteiger partial charge in [-0.15, -0.1) is 11.3 Å². The van der Waals surface area contributed by atoms with Gasteiger partial charge < -0.3 is 4.74 Å². The third kappa shape index (κ3) is 1.32. The predicted octanol–water partition coefficient (Wildman–Crippen LogP) is 3.64. The second-order valence-corrected chi connectivity index (χ2v) is 5.36. The minimum Gasteiger partial charge on any atom is -0.366 e. The molecule has 0 saturated heterocycles. The van der Waals surface area contributed by atoms with E-state index in [-0.39, 0.29) is 5.60 Å². The van der Waals surface area contributed by atoms with Crippen LogP contribution in [0.5, 0.6) is 0 Å². The van der Waals surface area contributed by atoms with Crippen LogP contribution in [0.15, 0.2) is 5.38 Å². The average Bonchev–Trinajstić information content (AvgIpc) is 2.52. The van der Waals surface area contributed by atoms with Gasteiger partial charge in [0, 0.05) is 4.88 Å². The SMILES string of the molecule is CC(C)c1scc2c1COC2(C)C. The molecule has 0 bridgehead atoms. The average molecular weight is 196 g/mol. The molecule has 0 amide bonds. The van der Waals surface area contributed by atoms with Crippen molar-refractivity contribution in [1.29, 1.82) is 0 Å². The molecule has 1 aliphatic heterocycles. The summed E-state index contributed by atoms with van der Waals surface area (Å²) < 4.78 is 5.75. The molecule has 0 saturated carbocycles. The maximum atomic E-state index is 5.75. The maximum Gasteiger partial charge on any atom is 0.0891 e. The smallest absolute Gasteiger partial charge is 0.0891 e. The molecule has 1 aliphatic rings. The molecule has 0 unspecified atom stereocenters. The van der Waals surface area contributed by atoms with E-state index in [0.29, 0.717) is 5.92 Å². The molecule has 0 aliphatic carbocycles. The Morgan fingerprint density at radius 1 is 1.46 bits per heavy atom. The molecule has 2 heterocycles. The first-order chi connectivity index (χ1) is 6.02. The fourth-order valence-corrected chi connectivity index (χ4v) is 3.12. The van der Waals surface area contributed by atoms with E-state index >= 15 is 0 Å². The van der Waals surface area contributed by atoms with Crippen LogP contribution in [-0.4, -0.2) is 0 Å². The number of ether oxygens (including phenoxy) is 1. The minimum absolute atomic E-state index is 0.0566. The van der Waals surface area contributed by atoms with Crippen molar-refractivity contribution < 1.29 is 4.74 Å². The lowest BCUT2D eigenvalue weighted by atomic mass is 9.97. The highest BCUT2D eigenvalue weighted by molar-refractivity contribution is 7.10. The molecule has 1 aromatic rings. The summed E-state index contributed by atoms with van der Waals surface area (Å²) in [4.78, 5) is 1.50. The van der Waals surface area contributed by atoms with Gasteiger partial charge in [-0.25, -0.2) is 0 Å². The fraction of sp³-hybridized carbons (Fsp3) is 0.636. The van der Waals surface area contributed by atoms with Crippen LogP contribution in [0, 0.1) is 0 Å². The van der Waals surface area contributed by atoms with E-state index in [1.165, 1.54) is 16.0 Å². The van der Waals surface area contributed by atoms with E-state index in [2.05, 4.69) is 33.1 Å². The Bertz CT molecular complexity index is 323. The Hall–Kier alpha value is -0.340. The van der Waals surface area contributed by atoms with Gasteiger partial charge in [-0.3, -0.25) is 0 Å². The summed E-state index contributed by atoms with van der Waals surface area (Å²) >= 11 is 1.88. The zero-order valence-corrected chi connectivity index (χ0v) is 9.49. The monoisotopic (exact) mass is 196 g/mol. The predicted molar refractivity (Wildman–Crippen MR) is 56.2 cm³/mol. The molecule has 1 nitrogen and oxygen atoms in total. The highest BCUT2D eigenvalue weighted by Gasteiger charge is 2.33. The molecular formula is C11H16OS. The summed E-state index contributed by atoms with van der Waals surface area (Å²) in [5.74, 6) is 0.631. The van der Waals surface area contributed by atoms with Gasteiger partial charge in [0.05, 0.1) is 12.2 Å². The molecule has 0 N–H and O–H groups in total. The number of rotatable bonds is 1. The first-order valence-electron chi connectivity index (χ1n) is 4.77. The fourth-order valence-electron chi connectivity index (χ4n) is 1.87. The van der Waals surface area contributed by atoms with E-state index < -0.39 is 0 Å². The number of hydrogen-bond donors (Lipinski definition) is 0. The summed E-state index contributed by atoms with van der Waals surface area (Å²) in [5, 5.41) is 2.26. The van der Waals surface area contributed by atoms with E-state index in [0.717, 1.165) is 6.61 Å². The molecule has 72 valence electrons. The Kier molecular flexibility index (Phi) is 2.00. The van der Waals surface area contributed by atoms with Gasteiger partial charge in [0.1, 0.15) is 0 Å². The molecule has 0 fully saturated rings. The lowest BCUT2D eigenvalue weighted by Crippen LogP contribution is -2.13. The van der Waals surface area contributed by atoms with Crippen LogP contribution in [-0.2, 0) is 16.9 Å². The van der Waals surface area contributed by atoms with Crippen LogP contribution >= 0.6 is 11.3 Å². The van der Waals surface area contributed by atoms with Crippen molar-refractivity contribution in [2.45, 2.75) is 45.8 Å². The first-order valence-corrected chi connectivity index (χ1v) is 5.65. The molecule has 2 rings (SSSR count). The maximum absolute atomic E-state index is 5.75. The van der Waals surface area contributed by atoms with Crippen molar-refractivity contribution in [3.63, 3.8) is 0 Å². The zero-order chi connectivity index (χ0) is 9.64. The minimum atomic E-state index is -0.0566. The normalized spacial score (nSPS) is 19.5. The van der Waals surface area contributed by atoms with Crippen molar-refractivity contribution in [2.75, 3.05) is 0 Å². The van der Waals surface area contributed by atoms with Crippen molar-refractivity contribution >= 4 is 11.3 Å². The topological polar surface area (TPSA) is 9.23 Å².